The smallest absolute Gasteiger partial charge is 0.336 e. The molecular formula is C8H8I2O4. The van der Waals surface area contributed by atoms with E-state index in [0.717, 1.165) is 0 Å². The van der Waals surface area contributed by atoms with E-state index >= 15 is 0 Å². The van der Waals surface area contributed by atoms with Crippen LogP contribution in [0.15, 0.2) is 24.3 Å². The lowest BCUT2D eigenvalue weighted by Crippen LogP contribution is -2.06. The molecule has 14 heavy (non-hydrogen) atoms. The minimum atomic E-state index is -1.23. The molecule has 1 rings (SSSR count). The molecule has 0 aliphatic carbocycles. The van der Waals surface area contributed by atoms with E-state index in [4.69, 9.17) is 10.2 Å². The standard InChI is InChI=1S/C8H6O4.2HI/c9-7(10)5-3-1-2-4-6(5)8(11)12;;/h1-4H,(H,9,10)(H,11,12);2*1H. The second-order valence-corrected chi connectivity index (χ2v) is 2.16. The molecule has 0 spiro atoms. The molecule has 4 nitrogen and oxygen atoms in total. The fraction of sp³-hybridized carbons (Fsp3) is 0. The molecule has 6 heteroatoms. The summed E-state index contributed by atoms with van der Waals surface area (Å²) < 4.78 is 0. The van der Waals surface area contributed by atoms with E-state index in [1.165, 1.54) is 24.3 Å². The van der Waals surface area contributed by atoms with Crippen molar-refractivity contribution in [1.82, 2.24) is 0 Å². The molecule has 1 aromatic carbocycles. The summed E-state index contributed by atoms with van der Waals surface area (Å²) in [5.41, 5.74) is -0.380. The van der Waals surface area contributed by atoms with Crippen LogP contribution in [0.1, 0.15) is 20.7 Å². The van der Waals surface area contributed by atoms with Crippen LogP contribution in [0.3, 0.4) is 0 Å². The van der Waals surface area contributed by atoms with Crippen LogP contribution >= 0.6 is 48.0 Å². The van der Waals surface area contributed by atoms with Gasteiger partial charge in [0.1, 0.15) is 0 Å². The van der Waals surface area contributed by atoms with Crippen LogP contribution in [0.4, 0.5) is 0 Å². The van der Waals surface area contributed by atoms with Crippen LogP contribution in [-0.2, 0) is 0 Å². The van der Waals surface area contributed by atoms with Crippen LogP contribution in [0.25, 0.3) is 0 Å². The predicted molar refractivity (Wildman–Crippen MR) is 71.2 cm³/mol. The molecule has 0 aliphatic rings. The Hall–Kier alpha value is -0.380. The zero-order valence-corrected chi connectivity index (χ0v) is 11.5. The van der Waals surface area contributed by atoms with Crippen molar-refractivity contribution in [1.29, 1.82) is 0 Å². The van der Waals surface area contributed by atoms with Gasteiger partial charge in [-0.15, -0.1) is 48.0 Å². The molecule has 0 saturated carbocycles. The van der Waals surface area contributed by atoms with Gasteiger partial charge in [-0.3, -0.25) is 0 Å². The summed E-state index contributed by atoms with van der Waals surface area (Å²) in [6, 6.07) is 5.48. The van der Waals surface area contributed by atoms with Crippen molar-refractivity contribution < 1.29 is 19.8 Å². The Morgan fingerprint density at radius 2 is 1.14 bits per heavy atom. The summed E-state index contributed by atoms with van der Waals surface area (Å²) in [7, 11) is 0. The summed E-state index contributed by atoms with van der Waals surface area (Å²) >= 11 is 0. The number of benzene rings is 1. The number of halogens is 2. The first-order valence-electron chi connectivity index (χ1n) is 3.18. The molecule has 1 aromatic rings. The quantitative estimate of drug-likeness (QED) is 0.718. The van der Waals surface area contributed by atoms with Gasteiger partial charge in [-0.05, 0) is 12.1 Å². The van der Waals surface area contributed by atoms with Gasteiger partial charge in [-0.25, -0.2) is 9.59 Å². The fourth-order valence-corrected chi connectivity index (χ4v) is 0.856. The van der Waals surface area contributed by atoms with E-state index in [1.54, 1.807) is 0 Å². The molecule has 0 heterocycles. The van der Waals surface area contributed by atoms with Gasteiger partial charge in [0.05, 0.1) is 11.1 Å². The summed E-state index contributed by atoms with van der Waals surface area (Å²) in [5.74, 6) is -2.46. The Morgan fingerprint density at radius 3 is 1.36 bits per heavy atom. The Labute approximate surface area is 114 Å². The van der Waals surface area contributed by atoms with Gasteiger partial charge in [-0.2, -0.15) is 0 Å². The first-order valence-corrected chi connectivity index (χ1v) is 3.18. The average Bonchev–Trinajstić information content (AvgIpc) is 2.04. The van der Waals surface area contributed by atoms with Gasteiger partial charge < -0.3 is 10.2 Å². The van der Waals surface area contributed by atoms with Crippen molar-refractivity contribution in [2.75, 3.05) is 0 Å². The molecule has 0 aromatic heterocycles. The molecule has 0 saturated heterocycles. The highest BCUT2D eigenvalue weighted by atomic mass is 127. The van der Waals surface area contributed by atoms with Gasteiger partial charge in [-0.1, -0.05) is 12.1 Å². The van der Waals surface area contributed by atoms with Gasteiger partial charge in [0, 0.05) is 0 Å². The molecule has 0 radical (unpaired) electrons. The Bertz CT molecular complexity index is 305. The number of carboxylic acid groups (broad SMARTS) is 2. The molecular weight excluding hydrogens is 414 g/mol. The molecule has 2 N–H and O–H groups in total. The third-order valence-electron chi connectivity index (χ3n) is 1.39. The second kappa shape index (κ2) is 6.98. The SMILES string of the molecule is I.I.O=C(O)c1ccccc1C(=O)O. The van der Waals surface area contributed by atoms with Crippen molar-refractivity contribution in [2.45, 2.75) is 0 Å². The monoisotopic (exact) mass is 422 g/mol. The van der Waals surface area contributed by atoms with Crippen LogP contribution in [0, 0.1) is 0 Å². The predicted octanol–water partition coefficient (Wildman–Crippen LogP) is 2.32. The summed E-state index contributed by atoms with van der Waals surface area (Å²) in [4.78, 5) is 20.9. The van der Waals surface area contributed by atoms with Crippen molar-refractivity contribution in [3.8, 4) is 0 Å². The molecule has 78 valence electrons. The topological polar surface area (TPSA) is 74.6 Å². The first kappa shape index (κ1) is 16.1. The van der Waals surface area contributed by atoms with Crippen LogP contribution < -0.4 is 0 Å². The number of hydrogen-bond donors (Lipinski definition) is 2. The zero-order valence-electron chi connectivity index (χ0n) is 6.84. The van der Waals surface area contributed by atoms with Gasteiger partial charge >= 0.3 is 11.9 Å². The average molecular weight is 422 g/mol. The number of hydrogen-bond acceptors (Lipinski definition) is 2. The maximum Gasteiger partial charge on any atom is 0.336 e. The fourth-order valence-electron chi connectivity index (χ4n) is 0.856. The highest BCUT2D eigenvalue weighted by Gasteiger charge is 2.13. The minimum absolute atomic E-state index is 0. The van der Waals surface area contributed by atoms with E-state index in [2.05, 4.69) is 0 Å². The van der Waals surface area contributed by atoms with Gasteiger partial charge in [0.15, 0.2) is 0 Å². The first-order chi connectivity index (χ1) is 5.63. The van der Waals surface area contributed by atoms with E-state index in [9.17, 15) is 9.59 Å². The maximum absolute atomic E-state index is 10.5. The Kier molecular flexibility index (Phi) is 8.01. The third-order valence-corrected chi connectivity index (χ3v) is 1.39. The maximum atomic E-state index is 10.5. The molecule has 0 fully saturated rings. The van der Waals surface area contributed by atoms with Crippen molar-refractivity contribution >= 4 is 59.9 Å². The van der Waals surface area contributed by atoms with Crippen LogP contribution in [-0.4, -0.2) is 22.2 Å². The summed E-state index contributed by atoms with van der Waals surface area (Å²) in [5, 5.41) is 17.1. The van der Waals surface area contributed by atoms with Crippen molar-refractivity contribution in [3.63, 3.8) is 0 Å². The normalized spacial score (nSPS) is 8.00. The second-order valence-electron chi connectivity index (χ2n) is 2.16. The zero-order chi connectivity index (χ0) is 9.14. The largest absolute Gasteiger partial charge is 0.478 e. The molecule has 0 aliphatic heterocycles. The lowest BCUT2D eigenvalue weighted by molar-refractivity contribution is 0.0651. The summed E-state index contributed by atoms with van der Waals surface area (Å²) in [6.45, 7) is 0. The van der Waals surface area contributed by atoms with Gasteiger partial charge in [0.25, 0.3) is 0 Å². The van der Waals surface area contributed by atoms with Crippen molar-refractivity contribution in [2.24, 2.45) is 0 Å². The minimum Gasteiger partial charge on any atom is -0.478 e. The molecule has 0 unspecified atom stereocenters. The van der Waals surface area contributed by atoms with E-state index in [-0.39, 0.29) is 59.1 Å². The van der Waals surface area contributed by atoms with Crippen LogP contribution in [0.2, 0.25) is 0 Å². The van der Waals surface area contributed by atoms with Gasteiger partial charge in [0.2, 0.25) is 0 Å². The van der Waals surface area contributed by atoms with Crippen LogP contribution in [0.5, 0.6) is 0 Å². The summed E-state index contributed by atoms with van der Waals surface area (Å²) in [6.07, 6.45) is 0. The Morgan fingerprint density at radius 1 is 0.857 bits per heavy atom. The lowest BCUT2D eigenvalue weighted by Gasteiger charge is -1.98. The number of rotatable bonds is 2. The number of aromatic carboxylic acids is 2. The van der Waals surface area contributed by atoms with E-state index in [0.29, 0.717) is 0 Å². The number of carboxylic acids is 2. The van der Waals surface area contributed by atoms with E-state index < -0.39 is 11.9 Å². The van der Waals surface area contributed by atoms with Crippen molar-refractivity contribution in [3.05, 3.63) is 35.4 Å². The lowest BCUT2D eigenvalue weighted by atomic mass is 10.1. The molecule has 0 bridgehead atoms. The highest BCUT2D eigenvalue weighted by molar-refractivity contribution is 14.0. The molecule has 0 atom stereocenters. The Balaban J connectivity index is 0. The number of carbonyl (C=O) groups is 2. The van der Waals surface area contributed by atoms with E-state index in [1.807, 2.05) is 0 Å². The molecule has 0 amide bonds. The highest BCUT2D eigenvalue weighted by Crippen LogP contribution is 2.07. The third kappa shape index (κ3) is 3.78.